The molecule has 0 aromatic heterocycles. The number of fused-ring (bicyclic) bond motifs is 4. The minimum absolute atomic E-state index is 0.0118. The van der Waals surface area contributed by atoms with Gasteiger partial charge in [-0.15, -0.1) is 0 Å². The van der Waals surface area contributed by atoms with E-state index in [0.29, 0.717) is 105 Å². The first-order valence-corrected chi connectivity index (χ1v) is 40.9. The second-order valence-corrected chi connectivity index (χ2v) is 29.5. The minimum Gasteiger partial charge on any atom is -0.460 e. The highest BCUT2D eigenvalue weighted by Gasteiger charge is 2.40. The van der Waals surface area contributed by atoms with Crippen molar-refractivity contribution in [2.45, 2.75) is 0 Å². The summed E-state index contributed by atoms with van der Waals surface area (Å²) < 4.78 is 94.4. The number of carbonyl (C=O) groups is 9. The molecular weight excluding hydrogens is 1560 g/mol. The number of hydrogen-bond donors (Lipinski definition) is 2. The third kappa shape index (κ3) is 17.7. The Kier molecular flexibility index (Phi) is 27.3. The van der Waals surface area contributed by atoms with Crippen LogP contribution in [0.15, 0.2) is 127 Å². The zero-order valence-electron chi connectivity index (χ0n) is 65.1. The Morgan fingerprint density at radius 3 is 0.681 bits per heavy atom. The van der Waals surface area contributed by atoms with Gasteiger partial charge in [0.2, 0.25) is 0 Å². The Hall–Kier alpha value is -10.4. The zero-order chi connectivity index (χ0) is 82.5. The first kappa shape index (κ1) is 83.7. The van der Waals surface area contributed by atoms with Gasteiger partial charge in [0.1, 0.15) is 6.61 Å². The lowest BCUT2D eigenvalue weighted by molar-refractivity contribution is -0.00108. The van der Waals surface area contributed by atoms with Gasteiger partial charge >= 0.3 is 13.8 Å². The van der Waals surface area contributed by atoms with E-state index in [1.165, 1.54) is 19.6 Å². The molecule has 0 aliphatic carbocycles. The first-order chi connectivity index (χ1) is 58.2. The van der Waals surface area contributed by atoms with Crippen LogP contribution in [0.3, 0.4) is 0 Å². The molecule has 0 radical (unpaired) electrons. The number of amides is 8. The van der Waals surface area contributed by atoms with Crippen molar-refractivity contribution >= 4 is 147 Å². The van der Waals surface area contributed by atoms with Crippen molar-refractivity contribution in [1.82, 2.24) is 19.6 Å². The second-order valence-electron chi connectivity index (χ2n) is 28.0. The van der Waals surface area contributed by atoms with Gasteiger partial charge in [-0.1, -0.05) is 66.7 Å². The summed E-state index contributed by atoms with van der Waals surface area (Å²) in [5.74, 6) is -4.03. The van der Waals surface area contributed by atoms with E-state index in [1.807, 2.05) is 54.6 Å². The van der Waals surface area contributed by atoms with Crippen LogP contribution in [0.1, 0.15) is 93.2 Å². The summed E-state index contributed by atoms with van der Waals surface area (Å²) in [4.78, 5) is 139. The molecule has 4 aliphatic heterocycles. The molecule has 4 aliphatic rings. The maximum Gasteiger partial charge on any atom is 0.472 e. The summed E-state index contributed by atoms with van der Waals surface area (Å²) in [6.45, 7) is 3.88. The molecule has 0 saturated heterocycles. The summed E-state index contributed by atoms with van der Waals surface area (Å²) >= 11 is 0. The van der Waals surface area contributed by atoms with Gasteiger partial charge in [-0.25, -0.2) is 9.36 Å². The van der Waals surface area contributed by atoms with Gasteiger partial charge in [0.25, 0.3) is 47.3 Å². The summed E-state index contributed by atoms with van der Waals surface area (Å²) in [6.07, 6.45) is 0. The van der Waals surface area contributed by atoms with Crippen LogP contribution >= 0.6 is 7.82 Å². The van der Waals surface area contributed by atoms with E-state index in [2.05, 4.69) is 0 Å². The Labute approximate surface area is 680 Å². The van der Waals surface area contributed by atoms with Gasteiger partial charge in [-0.2, -0.15) is 0 Å². The van der Waals surface area contributed by atoms with Crippen LogP contribution in [0, 0.1) is 0 Å². The van der Waals surface area contributed by atoms with E-state index >= 15 is 0 Å². The third-order valence-corrected chi connectivity index (χ3v) is 22.1. The summed E-state index contributed by atoms with van der Waals surface area (Å²) in [5.41, 5.74) is 3.44. The molecule has 1 atom stereocenters. The van der Waals surface area contributed by atoms with Crippen LogP contribution in [0.5, 0.6) is 0 Å². The Morgan fingerprint density at radius 1 is 0.252 bits per heavy atom. The van der Waals surface area contributed by atoms with Crippen LogP contribution in [0.2, 0.25) is 0 Å². The van der Waals surface area contributed by atoms with Crippen molar-refractivity contribution in [2.24, 2.45) is 0 Å². The molecule has 0 bridgehead atoms. The maximum absolute atomic E-state index is 14.1. The number of ether oxygens (including phenoxy) is 13. The maximum atomic E-state index is 14.1. The Morgan fingerprint density at radius 2 is 0.454 bits per heavy atom. The molecule has 622 valence electrons. The number of nitrogens with zero attached hydrogens (tertiary/aromatic N) is 4. The van der Waals surface area contributed by atoms with E-state index < -0.39 is 61.0 Å². The topological polar surface area (TPSA) is 363 Å². The van der Waals surface area contributed by atoms with Crippen molar-refractivity contribution < 1.29 is 128 Å². The average molecular weight is 1650 g/mol. The molecule has 0 spiro atoms. The highest BCUT2D eigenvalue weighted by Crippen LogP contribution is 2.49. The standard InChI is InChI=1S/C87H87N4O27P/c92-26-31-108-36-41-109-37-32-104-27-22-88-79(93)63-14-6-55-59-10-18-67-77-68(19-11-60(73(59)77)56-7-15-64(80(88)94)75(63)71(55)56)84(98)90(83(67)97)24-29-106-34-39-111-43-46-114-49-52-117-119(102,103)118-53-50-115-47-44-112-40-35-107-30-25-91-85(99)69-20-12-61-57-8-16-65-76-66(17-9-58(72(57)76)62-13-21-70(86(91)100)78(69)74(61)62)82(96)89(81(65)95)23-28-105-33-38-110-42-45-113-48-51-116-87(101)54-4-2-1-3-5-54/h1-21,92H,22-53H2,(H,102,103). The number of rotatable bonds is 50. The van der Waals surface area contributed by atoms with Crippen LogP contribution in [-0.2, 0) is 75.2 Å². The molecule has 15 rings (SSSR count). The van der Waals surface area contributed by atoms with Crippen molar-refractivity contribution in [3.8, 4) is 0 Å². The minimum atomic E-state index is -4.42. The fraction of sp³-hybridized carbons (Fsp3) is 0.368. The molecule has 11 aromatic carbocycles. The van der Waals surface area contributed by atoms with Gasteiger partial charge < -0.3 is 71.6 Å². The smallest absolute Gasteiger partial charge is 0.460 e. The van der Waals surface area contributed by atoms with Gasteiger partial charge in [0.15, 0.2) is 0 Å². The molecule has 1 unspecified atom stereocenters. The van der Waals surface area contributed by atoms with Gasteiger partial charge in [-0.05, 0) is 125 Å². The van der Waals surface area contributed by atoms with Crippen LogP contribution in [-0.4, -0.2) is 294 Å². The molecule has 0 fully saturated rings. The van der Waals surface area contributed by atoms with Crippen molar-refractivity contribution in [2.75, 3.05) is 211 Å². The molecule has 32 heteroatoms. The number of imide groups is 4. The van der Waals surface area contributed by atoms with Gasteiger partial charge in [0, 0.05) is 66.1 Å². The predicted molar refractivity (Wildman–Crippen MR) is 432 cm³/mol. The second kappa shape index (κ2) is 38.8. The fourth-order valence-electron chi connectivity index (χ4n) is 15.7. The van der Waals surface area contributed by atoms with Crippen molar-refractivity contribution in [3.05, 3.63) is 177 Å². The fourth-order valence-corrected chi connectivity index (χ4v) is 16.4. The van der Waals surface area contributed by atoms with E-state index in [1.54, 1.807) is 72.8 Å². The largest absolute Gasteiger partial charge is 0.472 e. The zero-order valence-corrected chi connectivity index (χ0v) is 66.0. The summed E-state index contributed by atoms with van der Waals surface area (Å²) in [6, 6.07) is 37.2. The molecule has 31 nitrogen and oxygen atoms in total. The molecule has 4 heterocycles. The van der Waals surface area contributed by atoms with E-state index in [4.69, 9.17) is 75.7 Å². The molecule has 0 saturated carbocycles. The number of aliphatic hydroxyl groups is 1. The number of phosphoric ester groups is 1. The first-order valence-electron chi connectivity index (χ1n) is 39.4. The molecule has 2 N–H and O–H groups in total. The van der Waals surface area contributed by atoms with Crippen LogP contribution < -0.4 is 0 Å². The van der Waals surface area contributed by atoms with Crippen molar-refractivity contribution in [1.29, 1.82) is 0 Å². The normalized spacial score (nSPS) is 14.7. The van der Waals surface area contributed by atoms with E-state index in [-0.39, 0.29) is 178 Å². The number of benzene rings is 11. The summed E-state index contributed by atoms with van der Waals surface area (Å²) in [7, 11) is -4.42. The number of phosphoric acid groups is 1. The highest BCUT2D eigenvalue weighted by atomic mass is 31.2. The predicted octanol–water partition coefficient (Wildman–Crippen LogP) is 9.05. The van der Waals surface area contributed by atoms with Crippen LogP contribution in [0.25, 0.3) is 86.2 Å². The summed E-state index contributed by atoms with van der Waals surface area (Å²) in [5, 5.41) is 20.1. The number of hydrogen-bond acceptors (Lipinski definition) is 26. The quantitative estimate of drug-likeness (QED) is 0.00896. The average Bonchev–Trinajstić information content (AvgIpc) is 0.695. The Balaban J connectivity index is 0.416. The molecule has 119 heavy (non-hydrogen) atoms. The Bertz CT molecular complexity index is 5450. The third-order valence-electron chi connectivity index (χ3n) is 21.1. The molecular formula is C87H87N4O27P. The van der Waals surface area contributed by atoms with Gasteiger partial charge in [-0.3, -0.25) is 67.0 Å². The highest BCUT2D eigenvalue weighted by molar-refractivity contribution is 7.47. The van der Waals surface area contributed by atoms with Gasteiger partial charge in [0.05, 0.1) is 210 Å². The van der Waals surface area contributed by atoms with E-state index in [9.17, 15) is 52.6 Å². The monoisotopic (exact) mass is 1650 g/mol. The SMILES string of the molecule is O=C(OCCOCCOCCOCCN1C(=O)c2ccc3c4ccc5c6c(ccc(c7ccc(c2c37)C1=O)c64)C(=O)N(CCOCCOCCOCCOP(=O)(O)OCCOCCOCCOCCN1C(=O)c2ccc3c4ccc6c7c(ccc(c8ccc(c2c38)C1=O)c74)C(=O)N(CCOCCOCCOCCO)C6=O)C5=O)c1ccccc1. The number of carbonyl (C=O) groups excluding carboxylic acids is 9. The lowest BCUT2D eigenvalue weighted by Gasteiger charge is -2.30. The lowest BCUT2D eigenvalue weighted by Crippen LogP contribution is -2.42. The molecule has 8 amide bonds. The lowest BCUT2D eigenvalue weighted by atomic mass is 9.82. The van der Waals surface area contributed by atoms with Crippen LogP contribution in [0.4, 0.5) is 0 Å². The number of aliphatic hydroxyl groups excluding tert-OH is 1. The number of esters is 1. The molecule has 11 aromatic rings. The van der Waals surface area contributed by atoms with E-state index in [0.717, 1.165) is 64.6 Å². The van der Waals surface area contributed by atoms with Crippen molar-refractivity contribution in [3.63, 3.8) is 0 Å².